The summed E-state index contributed by atoms with van der Waals surface area (Å²) in [5, 5.41) is 3.68. The molecule has 2 heteroatoms. The first-order valence-electron chi connectivity index (χ1n) is 7.17. The Kier molecular flexibility index (Phi) is 4.65. The van der Waals surface area contributed by atoms with E-state index >= 15 is 0 Å². The van der Waals surface area contributed by atoms with Gasteiger partial charge >= 0.3 is 0 Å². The van der Waals surface area contributed by atoms with Crippen molar-refractivity contribution in [3.8, 4) is 0 Å². The molecule has 0 bridgehead atoms. The summed E-state index contributed by atoms with van der Waals surface area (Å²) >= 11 is 0. The van der Waals surface area contributed by atoms with Crippen LogP contribution in [0.3, 0.4) is 0 Å². The number of rotatable bonds is 5. The molecule has 0 saturated heterocycles. The summed E-state index contributed by atoms with van der Waals surface area (Å²) in [5.41, 5.74) is 2.65. The van der Waals surface area contributed by atoms with Gasteiger partial charge in [0.25, 0.3) is 0 Å². The van der Waals surface area contributed by atoms with Gasteiger partial charge in [0.1, 0.15) is 0 Å². The van der Waals surface area contributed by atoms with Crippen molar-refractivity contribution < 1.29 is 0 Å². The van der Waals surface area contributed by atoms with Gasteiger partial charge in [-0.05, 0) is 49.9 Å². The normalized spacial score (nSPS) is 17.9. The molecular weight excluding hydrogens is 220 g/mol. The molecule has 0 heterocycles. The highest BCUT2D eigenvalue weighted by molar-refractivity contribution is 5.46. The van der Waals surface area contributed by atoms with Crippen LogP contribution >= 0.6 is 0 Å². The van der Waals surface area contributed by atoms with Crippen molar-refractivity contribution in [1.29, 1.82) is 0 Å². The van der Waals surface area contributed by atoms with Crippen LogP contribution in [0.1, 0.15) is 44.2 Å². The van der Waals surface area contributed by atoms with E-state index in [0.717, 1.165) is 5.92 Å². The second kappa shape index (κ2) is 6.24. The van der Waals surface area contributed by atoms with Gasteiger partial charge in [0, 0.05) is 25.8 Å². The van der Waals surface area contributed by atoms with E-state index in [-0.39, 0.29) is 0 Å². The maximum Gasteiger partial charge on any atom is 0.0361 e. The van der Waals surface area contributed by atoms with E-state index in [9.17, 15) is 0 Å². The van der Waals surface area contributed by atoms with E-state index in [4.69, 9.17) is 0 Å². The van der Waals surface area contributed by atoms with Gasteiger partial charge in [-0.2, -0.15) is 0 Å². The van der Waals surface area contributed by atoms with Gasteiger partial charge in [0.15, 0.2) is 0 Å². The van der Waals surface area contributed by atoms with E-state index in [1.54, 1.807) is 0 Å². The SMILES string of the molecule is CC(NCC1CCCC1)c1ccc(N(C)C)cc1. The van der Waals surface area contributed by atoms with Crippen molar-refractivity contribution in [2.24, 2.45) is 5.92 Å². The molecule has 1 fully saturated rings. The van der Waals surface area contributed by atoms with Crippen molar-refractivity contribution in [2.75, 3.05) is 25.5 Å². The summed E-state index contributed by atoms with van der Waals surface area (Å²) in [6.07, 6.45) is 5.69. The maximum absolute atomic E-state index is 3.68. The molecule has 1 atom stereocenters. The summed E-state index contributed by atoms with van der Waals surface area (Å²) in [5.74, 6) is 0.911. The lowest BCUT2D eigenvalue weighted by Gasteiger charge is -2.19. The summed E-state index contributed by atoms with van der Waals surface area (Å²) in [7, 11) is 4.16. The van der Waals surface area contributed by atoms with E-state index in [0.29, 0.717) is 6.04 Å². The molecule has 100 valence electrons. The number of hydrogen-bond donors (Lipinski definition) is 1. The predicted octanol–water partition coefficient (Wildman–Crippen LogP) is 3.59. The van der Waals surface area contributed by atoms with Crippen LogP contribution < -0.4 is 10.2 Å². The highest BCUT2D eigenvalue weighted by Gasteiger charge is 2.15. The van der Waals surface area contributed by atoms with Crippen LogP contribution in [-0.2, 0) is 0 Å². The van der Waals surface area contributed by atoms with Crippen LogP contribution in [0.2, 0.25) is 0 Å². The Balaban J connectivity index is 1.85. The molecule has 0 radical (unpaired) electrons. The van der Waals surface area contributed by atoms with E-state index in [1.165, 1.54) is 43.5 Å². The average molecular weight is 246 g/mol. The Labute approximate surface area is 111 Å². The predicted molar refractivity (Wildman–Crippen MR) is 79.1 cm³/mol. The molecule has 1 unspecified atom stereocenters. The van der Waals surface area contributed by atoms with Gasteiger partial charge in [-0.15, -0.1) is 0 Å². The van der Waals surface area contributed by atoms with E-state index < -0.39 is 0 Å². The molecule has 2 nitrogen and oxygen atoms in total. The van der Waals surface area contributed by atoms with Crippen molar-refractivity contribution in [3.63, 3.8) is 0 Å². The van der Waals surface area contributed by atoms with Gasteiger partial charge in [-0.1, -0.05) is 25.0 Å². The number of nitrogens with zero attached hydrogens (tertiary/aromatic N) is 1. The minimum atomic E-state index is 0.460. The number of hydrogen-bond acceptors (Lipinski definition) is 2. The molecule has 2 rings (SSSR count). The quantitative estimate of drug-likeness (QED) is 0.854. The molecule has 1 saturated carbocycles. The van der Waals surface area contributed by atoms with Crippen LogP contribution in [0, 0.1) is 5.92 Å². The maximum atomic E-state index is 3.68. The Bertz CT molecular complexity index is 350. The molecule has 1 aromatic rings. The second-order valence-corrected chi connectivity index (χ2v) is 5.77. The zero-order chi connectivity index (χ0) is 13.0. The van der Waals surface area contributed by atoms with Crippen LogP contribution in [0.5, 0.6) is 0 Å². The number of nitrogens with one attached hydrogen (secondary N) is 1. The molecule has 1 N–H and O–H groups in total. The van der Waals surface area contributed by atoms with E-state index in [1.807, 2.05) is 0 Å². The standard InChI is InChI=1S/C16H26N2/c1-13(17-12-14-6-4-5-7-14)15-8-10-16(11-9-15)18(2)3/h8-11,13-14,17H,4-7,12H2,1-3H3. The molecule has 0 spiro atoms. The summed E-state index contributed by atoms with van der Waals surface area (Å²) in [6, 6.07) is 9.33. The monoisotopic (exact) mass is 246 g/mol. The molecule has 1 aromatic carbocycles. The fourth-order valence-electron chi connectivity index (χ4n) is 2.74. The smallest absolute Gasteiger partial charge is 0.0361 e. The molecule has 0 aromatic heterocycles. The lowest BCUT2D eigenvalue weighted by Crippen LogP contribution is -2.24. The largest absolute Gasteiger partial charge is 0.378 e. The Morgan fingerprint density at radius 2 is 1.78 bits per heavy atom. The molecule has 1 aliphatic rings. The summed E-state index contributed by atoms with van der Waals surface area (Å²) in [6.45, 7) is 3.44. The number of benzene rings is 1. The summed E-state index contributed by atoms with van der Waals surface area (Å²) < 4.78 is 0. The number of anilines is 1. The van der Waals surface area contributed by atoms with E-state index in [2.05, 4.69) is 55.5 Å². The van der Waals surface area contributed by atoms with Gasteiger partial charge in [-0.3, -0.25) is 0 Å². The minimum absolute atomic E-state index is 0.460. The van der Waals surface area contributed by atoms with Gasteiger partial charge in [-0.25, -0.2) is 0 Å². The van der Waals surface area contributed by atoms with Crippen LogP contribution in [0.15, 0.2) is 24.3 Å². The third-order valence-electron chi connectivity index (χ3n) is 4.10. The molecule has 18 heavy (non-hydrogen) atoms. The zero-order valence-electron chi connectivity index (χ0n) is 11.9. The van der Waals surface area contributed by atoms with Crippen LogP contribution in [0.4, 0.5) is 5.69 Å². The molecule has 0 amide bonds. The fraction of sp³-hybridized carbons (Fsp3) is 0.625. The van der Waals surface area contributed by atoms with Crippen LogP contribution in [0.25, 0.3) is 0 Å². The lowest BCUT2D eigenvalue weighted by molar-refractivity contribution is 0.452. The van der Waals surface area contributed by atoms with Crippen molar-refractivity contribution in [2.45, 2.75) is 38.6 Å². The highest BCUT2D eigenvalue weighted by atomic mass is 15.1. The second-order valence-electron chi connectivity index (χ2n) is 5.77. The third kappa shape index (κ3) is 3.49. The average Bonchev–Trinajstić information content (AvgIpc) is 2.89. The lowest BCUT2D eigenvalue weighted by atomic mass is 10.1. The molecular formula is C16H26N2. The Morgan fingerprint density at radius 3 is 2.33 bits per heavy atom. The topological polar surface area (TPSA) is 15.3 Å². The third-order valence-corrected chi connectivity index (χ3v) is 4.10. The zero-order valence-corrected chi connectivity index (χ0v) is 11.9. The van der Waals surface area contributed by atoms with Crippen molar-refractivity contribution >= 4 is 5.69 Å². The first-order valence-corrected chi connectivity index (χ1v) is 7.17. The summed E-state index contributed by atoms with van der Waals surface area (Å²) in [4.78, 5) is 2.14. The van der Waals surface area contributed by atoms with Gasteiger partial charge in [0.05, 0.1) is 0 Å². The van der Waals surface area contributed by atoms with Crippen molar-refractivity contribution in [1.82, 2.24) is 5.32 Å². The Morgan fingerprint density at radius 1 is 1.17 bits per heavy atom. The Hall–Kier alpha value is -1.02. The minimum Gasteiger partial charge on any atom is -0.378 e. The van der Waals surface area contributed by atoms with Crippen molar-refractivity contribution in [3.05, 3.63) is 29.8 Å². The first kappa shape index (κ1) is 13.4. The van der Waals surface area contributed by atoms with Gasteiger partial charge < -0.3 is 10.2 Å². The highest BCUT2D eigenvalue weighted by Crippen LogP contribution is 2.25. The fourth-order valence-corrected chi connectivity index (χ4v) is 2.74. The van der Waals surface area contributed by atoms with Crippen LogP contribution in [-0.4, -0.2) is 20.6 Å². The molecule has 1 aliphatic carbocycles. The molecule has 0 aliphatic heterocycles. The van der Waals surface area contributed by atoms with Gasteiger partial charge in [0.2, 0.25) is 0 Å². The first-order chi connectivity index (χ1) is 8.66.